The van der Waals surface area contributed by atoms with E-state index < -0.39 is 11.6 Å². The highest BCUT2D eigenvalue weighted by Crippen LogP contribution is 2.29. The van der Waals surface area contributed by atoms with Gasteiger partial charge in [-0.2, -0.15) is 4.80 Å². The molecule has 0 saturated heterocycles. The molecule has 0 radical (unpaired) electrons. The molecule has 9 heteroatoms. The van der Waals surface area contributed by atoms with Gasteiger partial charge in [-0.15, -0.1) is 21.5 Å². The number of anilines is 1. The van der Waals surface area contributed by atoms with E-state index in [1.807, 2.05) is 99.8 Å². The lowest BCUT2D eigenvalue weighted by Crippen LogP contribution is -2.50. The van der Waals surface area contributed by atoms with E-state index in [9.17, 15) is 9.59 Å². The molecule has 180 valence electrons. The summed E-state index contributed by atoms with van der Waals surface area (Å²) in [6.07, 6.45) is 0. The molecular formula is C26H28N6O2S. The Hall–Kier alpha value is -3.85. The number of nitrogens with one attached hydrogen (secondary N) is 1. The number of amides is 2. The predicted octanol–water partition coefficient (Wildman–Crippen LogP) is 4.40. The first-order chi connectivity index (χ1) is 16.7. The summed E-state index contributed by atoms with van der Waals surface area (Å²) in [5.41, 5.74) is 1.90. The zero-order valence-corrected chi connectivity index (χ0v) is 21.0. The number of hydrogen-bond donors (Lipinski definition) is 1. The van der Waals surface area contributed by atoms with Crippen LogP contribution in [0.1, 0.15) is 37.9 Å². The summed E-state index contributed by atoms with van der Waals surface area (Å²) in [7, 11) is 0. The van der Waals surface area contributed by atoms with E-state index in [2.05, 4.69) is 20.7 Å². The third-order valence-corrected chi connectivity index (χ3v) is 6.04. The first-order valence-electron chi connectivity index (χ1n) is 11.3. The van der Waals surface area contributed by atoms with Crippen LogP contribution in [0.4, 0.5) is 5.69 Å². The Morgan fingerprint density at radius 1 is 1.03 bits per heavy atom. The monoisotopic (exact) mass is 488 g/mol. The number of tetrazole rings is 1. The molecule has 0 bridgehead atoms. The maximum atomic E-state index is 13.8. The molecule has 0 spiro atoms. The maximum Gasteiger partial charge on any atom is 0.251 e. The zero-order chi connectivity index (χ0) is 25.0. The summed E-state index contributed by atoms with van der Waals surface area (Å²) in [6.45, 7) is 7.56. The molecule has 1 unspecified atom stereocenters. The highest BCUT2D eigenvalue weighted by Gasteiger charge is 2.34. The molecule has 35 heavy (non-hydrogen) atoms. The van der Waals surface area contributed by atoms with Gasteiger partial charge in [0.05, 0.1) is 4.88 Å². The van der Waals surface area contributed by atoms with Gasteiger partial charge in [0.1, 0.15) is 12.6 Å². The van der Waals surface area contributed by atoms with E-state index in [0.29, 0.717) is 17.1 Å². The molecule has 1 N–H and O–H groups in total. The number of aryl methyl sites for hydroxylation is 1. The van der Waals surface area contributed by atoms with Gasteiger partial charge in [-0.1, -0.05) is 54.1 Å². The van der Waals surface area contributed by atoms with Crippen molar-refractivity contribution < 1.29 is 9.59 Å². The number of aromatic nitrogens is 4. The van der Waals surface area contributed by atoms with Crippen molar-refractivity contribution in [1.29, 1.82) is 0 Å². The standard InChI is InChI=1S/C26H28N6O2S/c1-18-12-14-19(15-13-18)23(25(34)27-26(2,3)4)32(20-9-6-5-7-10-20)22(33)17-31-29-24(28-30-31)21-11-8-16-35-21/h5-16,23H,17H2,1-4H3,(H,27,34). The minimum Gasteiger partial charge on any atom is -0.349 e. The van der Waals surface area contributed by atoms with Crippen LogP contribution in [-0.2, 0) is 16.1 Å². The minimum atomic E-state index is -0.884. The Bertz CT molecular complexity index is 1280. The summed E-state index contributed by atoms with van der Waals surface area (Å²) in [5, 5.41) is 17.5. The summed E-state index contributed by atoms with van der Waals surface area (Å²) in [4.78, 5) is 31.0. The average molecular weight is 489 g/mol. The number of thiophene rings is 1. The molecule has 8 nitrogen and oxygen atoms in total. The highest BCUT2D eigenvalue weighted by atomic mass is 32.1. The van der Waals surface area contributed by atoms with Crippen LogP contribution in [0.2, 0.25) is 0 Å². The zero-order valence-electron chi connectivity index (χ0n) is 20.2. The second-order valence-corrected chi connectivity index (χ2v) is 10.2. The topological polar surface area (TPSA) is 93.0 Å². The van der Waals surface area contributed by atoms with Gasteiger partial charge in [0, 0.05) is 11.2 Å². The Kier molecular flexibility index (Phi) is 7.07. The van der Waals surface area contributed by atoms with E-state index in [1.54, 1.807) is 0 Å². The second kappa shape index (κ2) is 10.2. The van der Waals surface area contributed by atoms with Crippen molar-refractivity contribution in [3.63, 3.8) is 0 Å². The Morgan fingerprint density at radius 2 is 1.74 bits per heavy atom. The van der Waals surface area contributed by atoms with Crippen LogP contribution >= 0.6 is 11.3 Å². The lowest BCUT2D eigenvalue weighted by molar-refractivity contribution is -0.128. The Labute approximate surface area is 208 Å². The number of hydrogen-bond acceptors (Lipinski definition) is 6. The molecule has 2 aromatic carbocycles. The van der Waals surface area contributed by atoms with Gasteiger partial charge in [-0.05, 0) is 62.1 Å². The van der Waals surface area contributed by atoms with Gasteiger partial charge in [-0.25, -0.2) is 0 Å². The van der Waals surface area contributed by atoms with Gasteiger partial charge in [0.25, 0.3) is 5.91 Å². The largest absolute Gasteiger partial charge is 0.349 e. The van der Waals surface area contributed by atoms with Gasteiger partial charge >= 0.3 is 0 Å². The lowest BCUT2D eigenvalue weighted by atomic mass is 9.99. The van der Waals surface area contributed by atoms with Crippen LogP contribution in [0, 0.1) is 6.92 Å². The molecule has 1 atom stereocenters. The highest BCUT2D eigenvalue weighted by molar-refractivity contribution is 7.13. The molecule has 0 aliphatic heterocycles. The maximum absolute atomic E-state index is 13.8. The van der Waals surface area contributed by atoms with Crippen molar-refractivity contribution >= 4 is 28.8 Å². The summed E-state index contributed by atoms with van der Waals surface area (Å²) in [6, 6.07) is 19.7. The van der Waals surface area contributed by atoms with Crippen molar-refractivity contribution in [3.05, 3.63) is 83.2 Å². The van der Waals surface area contributed by atoms with E-state index in [-0.39, 0.29) is 18.4 Å². The smallest absolute Gasteiger partial charge is 0.251 e. The fourth-order valence-corrected chi connectivity index (χ4v) is 4.29. The molecule has 0 aliphatic rings. The Morgan fingerprint density at radius 3 is 2.37 bits per heavy atom. The third kappa shape index (κ3) is 5.99. The molecule has 2 aromatic heterocycles. The van der Waals surface area contributed by atoms with Gasteiger partial charge in [0.15, 0.2) is 0 Å². The number of carbonyl (C=O) groups is 2. The van der Waals surface area contributed by atoms with Crippen LogP contribution in [0.3, 0.4) is 0 Å². The SMILES string of the molecule is Cc1ccc(C(C(=O)NC(C)(C)C)N(C(=O)Cn2nnc(-c3cccs3)n2)c2ccccc2)cc1. The molecule has 0 aliphatic carbocycles. The van der Waals surface area contributed by atoms with Crippen molar-refractivity contribution in [2.75, 3.05) is 4.90 Å². The van der Waals surface area contributed by atoms with Crippen molar-refractivity contribution in [2.24, 2.45) is 0 Å². The van der Waals surface area contributed by atoms with Crippen molar-refractivity contribution in [2.45, 2.75) is 45.8 Å². The van der Waals surface area contributed by atoms with Crippen LogP contribution in [0.5, 0.6) is 0 Å². The number of nitrogens with zero attached hydrogens (tertiary/aromatic N) is 5. The second-order valence-electron chi connectivity index (χ2n) is 9.27. The van der Waals surface area contributed by atoms with Gasteiger partial charge in [0.2, 0.25) is 11.7 Å². The summed E-state index contributed by atoms with van der Waals surface area (Å²) >= 11 is 1.50. The number of para-hydroxylation sites is 1. The van der Waals surface area contributed by atoms with E-state index in [0.717, 1.165) is 10.4 Å². The number of carbonyl (C=O) groups excluding carboxylic acids is 2. The molecule has 2 amide bonds. The first kappa shape index (κ1) is 24.3. The lowest BCUT2D eigenvalue weighted by Gasteiger charge is -2.33. The molecule has 4 rings (SSSR count). The predicted molar refractivity (Wildman–Crippen MR) is 137 cm³/mol. The summed E-state index contributed by atoms with van der Waals surface area (Å²) in [5.74, 6) is -0.148. The van der Waals surface area contributed by atoms with E-state index in [1.165, 1.54) is 21.0 Å². The number of rotatable bonds is 7. The van der Waals surface area contributed by atoms with Gasteiger partial charge in [-0.3, -0.25) is 14.5 Å². The average Bonchev–Trinajstić information content (AvgIpc) is 3.49. The molecular weight excluding hydrogens is 460 g/mol. The van der Waals surface area contributed by atoms with E-state index >= 15 is 0 Å². The quantitative estimate of drug-likeness (QED) is 0.416. The third-order valence-electron chi connectivity index (χ3n) is 5.17. The number of benzene rings is 2. The molecule has 4 aromatic rings. The first-order valence-corrected chi connectivity index (χ1v) is 12.2. The summed E-state index contributed by atoms with van der Waals surface area (Å²) < 4.78 is 0. The molecule has 0 saturated carbocycles. The fourth-order valence-electron chi connectivity index (χ4n) is 3.64. The van der Waals surface area contributed by atoms with Crippen LogP contribution in [0.15, 0.2) is 72.1 Å². The molecule has 2 heterocycles. The normalized spacial score (nSPS) is 12.2. The van der Waals surface area contributed by atoms with Crippen LogP contribution in [-0.4, -0.2) is 37.6 Å². The Balaban J connectivity index is 1.73. The van der Waals surface area contributed by atoms with Crippen LogP contribution < -0.4 is 10.2 Å². The fraction of sp³-hybridized carbons (Fsp3) is 0.269. The van der Waals surface area contributed by atoms with Gasteiger partial charge < -0.3 is 5.32 Å². The van der Waals surface area contributed by atoms with Crippen molar-refractivity contribution in [3.8, 4) is 10.7 Å². The molecule has 0 fully saturated rings. The minimum absolute atomic E-state index is 0.168. The van der Waals surface area contributed by atoms with Crippen molar-refractivity contribution in [1.82, 2.24) is 25.5 Å². The van der Waals surface area contributed by atoms with Crippen LogP contribution in [0.25, 0.3) is 10.7 Å². The van der Waals surface area contributed by atoms with E-state index in [4.69, 9.17) is 0 Å².